The summed E-state index contributed by atoms with van der Waals surface area (Å²) in [5.74, 6) is 0. The van der Waals surface area contributed by atoms with Gasteiger partial charge in [-0.25, -0.2) is 0 Å². The van der Waals surface area contributed by atoms with Gasteiger partial charge in [0, 0.05) is 33.5 Å². The molecule has 1 aliphatic heterocycles. The first-order valence-corrected chi connectivity index (χ1v) is 9.07. The maximum atomic E-state index is 9.67. The Bertz CT molecular complexity index is 302. The lowest BCUT2D eigenvalue weighted by Crippen LogP contribution is -2.24. The molecule has 1 aliphatic rings. The first kappa shape index (κ1) is 23.7. The lowest BCUT2D eigenvalue weighted by atomic mass is 10.4. The van der Waals surface area contributed by atoms with Crippen LogP contribution in [0.3, 0.4) is 0 Å². The van der Waals surface area contributed by atoms with E-state index in [1.165, 1.54) is 0 Å². The molecule has 0 spiro atoms. The first-order valence-electron chi connectivity index (χ1n) is 9.07. The Balaban J connectivity index is 1.74. The standard InChI is InChI=1S/C17H34O9/c1-20-4-2-5-21-8-15(18)9-22-6-3-7-23-10-16(19)11-24-14-25-12-17-13-26-17/h15-19H,2-14H2,1H3. The fourth-order valence-corrected chi connectivity index (χ4v) is 1.91. The summed E-state index contributed by atoms with van der Waals surface area (Å²) in [4.78, 5) is 0. The Morgan fingerprint density at radius 2 is 1.31 bits per heavy atom. The van der Waals surface area contributed by atoms with Crippen LogP contribution in [0.15, 0.2) is 0 Å². The van der Waals surface area contributed by atoms with Gasteiger partial charge in [-0.15, -0.1) is 0 Å². The van der Waals surface area contributed by atoms with Crippen molar-refractivity contribution in [3.63, 3.8) is 0 Å². The van der Waals surface area contributed by atoms with Crippen LogP contribution in [0.25, 0.3) is 0 Å². The number of aliphatic hydroxyl groups is 2. The van der Waals surface area contributed by atoms with Gasteiger partial charge in [0.2, 0.25) is 0 Å². The van der Waals surface area contributed by atoms with Crippen molar-refractivity contribution in [1.82, 2.24) is 0 Å². The second-order valence-corrected chi connectivity index (χ2v) is 6.05. The fraction of sp³-hybridized carbons (Fsp3) is 1.00. The molecule has 9 nitrogen and oxygen atoms in total. The lowest BCUT2D eigenvalue weighted by molar-refractivity contribution is -0.0941. The van der Waals surface area contributed by atoms with Crippen molar-refractivity contribution in [2.75, 3.05) is 80.0 Å². The highest BCUT2D eigenvalue weighted by Gasteiger charge is 2.22. The van der Waals surface area contributed by atoms with Gasteiger partial charge >= 0.3 is 0 Å². The van der Waals surface area contributed by atoms with Crippen LogP contribution in [0.2, 0.25) is 0 Å². The maximum absolute atomic E-state index is 9.67. The molecule has 1 heterocycles. The predicted octanol–water partition coefficient (Wildman–Crippen LogP) is -0.426. The molecule has 0 aromatic heterocycles. The van der Waals surface area contributed by atoms with Crippen LogP contribution in [-0.2, 0) is 33.2 Å². The lowest BCUT2D eigenvalue weighted by Gasteiger charge is -2.13. The van der Waals surface area contributed by atoms with Gasteiger partial charge in [-0.1, -0.05) is 0 Å². The summed E-state index contributed by atoms with van der Waals surface area (Å²) >= 11 is 0. The van der Waals surface area contributed by atoms with Crippen molar-refractivity contribution in [3.05, 3.63) is 0 Å². The minimum absolute atomic E-state index is 0.142. The van der Waals surface area contributed by atoms with Crippen molar-refractivity contribution in [3.8, 4) is 0 Å². The molecule has 0 radical (unpaired) electrons. The third-order valence-electron chi connectivity index (χ3n) is 3.33. The molecule has 0 amide bonds. The van der Waals surface area contributed by atoms with Gasteiger partial charge in [0.1, 0.15) is 25.1 Å². The molecule has 0 aromatic carbocycles. The zero-order valence-electron chi connectivity index (χ0n) is 15.7. The molecule has 0 saturated carbocycles. The zero-order valence-corrected chi connectivity index (χ0v) is 15.7. The Labute approximate surface area is 155 Å². The number of methoxy groups -OCH3 is 1. The maximum Gasteiger partial charge on any atom is 0.146 e. The molecule has 2 N–H and O–H groups in total. The summed E-state index contributed by atoms with van der Waals surface area (Å²) < 4.78 is 36.2. The molecule has 1 saturated heterocycles. The van der Waals surface area contributed by atoms with Gasteiger partial charge in [0.15, 0.2) is 0 Å². The molecule has 0 bridgehead atoms. The largest absolute Gasteiger partial charge is 0.388 e. The van der Waals surface area contributed by atoms with Gasteiger partial charge in [-0.3, -0.25) is 0 Å². The summed E-state index contributed by atoms with van der Waals surface area (Å²) in [6.07, 6.45) is 0.379. The number of ether oxygens (including phenoxy) is 7. The van der Waals surface area contributed by atoms with E-state index in [4.69, 9.17) is 33.2 Å². The average Bonchev–Trinajstić information content (AvgIpc) is 3.44. The Hall–Kier alpha value is -0.360. The second-order valence-electron chi connectivity index (χ2n) is 6.05. The molecule has 156 valence electrons. The van der Waals surface area contributed by atoms with Crippen molar-refractivity contribution in [1.29, 1.82) is 0 Å². The van der Waals surface area contributed by atoms with E-state index >= 15 is 0 Å². The Kier molecular flexibility index (Phi) is 15.3. The number of aliphatic hydroxyl groups excluding tert-OH is 2. The fourth-order valence-electron chi connectivity index (χ4n) is 1.91. The highest BCUT2D eigenvalue weighted by atomic mass is 16.7. The van der Waals surface area contributed by atoms with E-state index in [0.29, 0.717) is 39.5 Å². The zero-order chi connectivity index (χ0) is 18.9. The van der Waals surface area contributed by atoms with Crippen LogP contribution in [0, 0.1) is 0 Å². The predicted molar refractivity (Wildman–Crippen MR) is 92.1 cm³/mol. The minimum Gasteiger partial charge on any atom is -0.388 e. The van der Waals surface area contributed by atoms with Crippen LogP contribution in [-0.4, -0.2) is 108 Å². The molecule has 3 atom stereocenters. The van der Waals surface area contributed by atoms with Crippen molar-refractivity contribution < 1.29 is 43.4 Å². The average molecular weight is 382 g/mol. The van der Waals surface area contributed by atoms with E-state index < -0.39 is 12.2 Å². The Morgan fingerprint density at radius 3 is 1.81 bits per heavy atom. The van der Waals surface area contributed by atoms with Gasteiger partial charge in [0.05, 0.1) is 39.6 Å². The molecule has 0 aliphatic carbocycles. The van der Waals surface area contributed by atoms with Crippen LogP contribution in [0.1, 0.15) is 12.8 Å². The highest BCUT2D eigenvalue weighted by molar-refractivity contribution is 4.66. The molecular formula is C17H34O9. The van der Waals surface area contributed by atoms with Crippen LogP contribution < -0.4 is 0 Å². The number of epoxide rings is 1. The molecule has 1 fully saturated rings. The summed E-state index contributed by atoms with van der Waals surface area (Å²) in [7, 11) is 1.64. The molecular weight excluding hydrogens is 348 g/mol. The third-order valence-corrected chi connectivity index (χ3v) is 3.33. The summed E-state index contributed by atoms with van der Waals surface area (Å²) in [6.45, 7) is 4.43. The van der Waals surface area contributed by atoms with Crippen LogP contribution in [0.4, 0.5) is 0 Å². The second kappa shape index (κ2) is 16.8. The number of hydrogen-bond acceptors (Lipinski definition) is 9. The van der Waals surface area contributed by atoms with E-state index in [0.717, 1.165) is 13.0 Å². The molecule has 0 aromatic rings. The van der Waals surface area contributed by atoms with Gasteiger partial charge in [0.25, 0.3) is 0 Å². The molecule has 1 rings (SSSR count). The van der Waals surface area contributed by atoms with Crippen molar-refractivity contribution in [2.24, 2.45) is 0 Å². The van der Waals surface area contributed by atoms with E-state index in [9.17, 15) is 10.2 Å². The van der Waals surface area contributed by atoms with Crippen LogP contribution >= 0.6 is 0 Å². The van der Waals surface area contributed by atoms with Crippen LogP contribution in [0.5, 0.6) is 0 Å². The molecule has 26 heavy (non-hydrogen) atoms. The van der Waals surface area contributed by atoms with Gasteiger partial charge in [-0.05, 0) is 12.8 Å². The number of rotatable bonds is 20. The topological polar surface area (TPSA) is 108 Å². The quantitative estimate of drug-likeness (QED) is 0.165. The summed E-state index contributed by atoms with van der Waals surface area (Å²) in [6, 6.07) is 0. The molecule has 3 unspecified atom stereocenters. The first-order chi connectivity index (χ1) is 12.7. The van der Waals surface area contributed by atoms with Crippen molar-refractivity contribution in [2.45, 2.75) is 31.2 Å². The van der Waals surface area contributed by atoms with E-state index in [-0.39, 0.29) is 39.3 Å². The SMILES string of the molecule is COCCCOCC(O)COCCCOCC(O)COCOCC1CO1. The smallest absolute Gasteiger partial charge is 0.146 e. The summed E-state index contributed by atoms with van der Waals surface area (Å²) in [5, 5.41) is 19.3. The normalized spacial score (nSPS) is 18.8. The monoisotopic (exact) mass is 382 g/mol. The highest BCUT2D eigenvalue weighted by Crippen LogP contribution is 2.08. The van der Waals surface area contributed by atoms with E-state index in [1.807, 2.05) is 0 Å². The van der Waals surface area contributed by atoms with E-state index in [2.05, 4.69) is 0 Å². The number of hydrogen-bond donors (Lipinski definition) is 2. The van der Waals surface area contributed by atoms with Gasteiger partial charge < -0.3 is 43.4 Å². The van der Waals surface area contributed by atoms with Crippen molar-refractivity contribution >= 4 is 0 Å². The van der Waals surface area contributed by atoms with E-state index in [1.54, 1.807) is 7.11 Å². The Morgan fingerprint density at radius 1 is 0.808 bits per heavy atom. The molecule has 9 heteroatoms. The summed E-state index contributed by atoms with van der Waals surface area (Å²) in [5.41, 5.74) is 0. The third kappa shape index (κ3) is 15.9. The van der Waals surface area contributed by atoms with Gasteiger partial charge in [-0.2, -0.15) is 0 Å². The minimum atomic E-state index is -0.686.